The number of hydrogen-bond donors (Lipinski definition) is 1. The monoisotopic (exact) mass is 532 g/mol. The highest BCUT2D eigenvalue weighted by molar-refractivity contribution is 7.99. The van der Waals surface area contributed by atoms with E-state index in [0.29, 0.717) is 38.3 Å². The number of halogens is 3. The molecular formula is C24H19Cl3N4O2S. The number of nitrogens with one attached hydrogen (secondary N) is 1. The molecule has 1 aromatic heterocycles. The van der Waals surface area contributed by atoms with E-state index in [1.807, 2.05) is 54.0 Å². The molecule has 0 radical (unpaired) electrons. The third-order valence-corrected chi connectivity index (χ3v) is 6.37. The Morgan fingerprint density at radius 3 is 2.47 bits per heavy atom. The highest BCUT2D eigenvalue weighted by Gasteiger charge is 2.18. The molecule has 0 atom stereocenters. The van der Waals surface area contributed by atoms with Gasteiger partial charge in [0.05, 0.1) is 23.1 Å². The number of rotatable bonds is 8. The normalized spacial score (nSPS) is 10.8. The van der Waals surface area contributed by atoms with Crippen molar-refractivity contribution >= 4 is 58.2 Å². The molecule has 0 aliphatic heterocycles. The van der Waals surface area contributed by atoms with Gasteiger partial charge >= 0.3 is 0 Å². The van der Waals surface area contributed by atoms with E-state index in [1.54, 1.807) is 24.3 Å². The molecule has 0 aliphatic carbocycles. The van der Waals surface area contributed by atoms with Gasteiger partial charge in [-0.3, -0.25) is 9.36 Å². The Kier molecular flexibility index (Phi) is 8.00. The van der Waals surface area contributed by atoms with Crippen LogP contribution in [0.5, 0.6) is 5.75 Å². The van der Waals surface area contributed by atoms with Gasteiger partial charge in [-0.15, -0.1) is 10.2 Å². The zero-order valence-corrected chi connectivity index (χ0v) is 21.0. The Labute approximate surface area is 216 Å². The van der Waals surface area contributed by atoms with Crippen LogP contribution >= 0.6 is 46.6 Å². The fraction of sp³-hybridized carbons (Fsp3) is 0.125. The summed E-state index contributed by atoms with van der Waals surface area (Å²) in [5, 5.41) is 13.5. The SMILES string of the molecule is CCOc1ccc(-n2c(SCC(=O)Nc3ccc(Cl)cc3Cl)nnc2-c2cccc(Cl)c2)cc1. The molecule has 3 aromatic carbocycles. The Morgan fingerprint density at radius 1 is 1.00 bits per heavy atom. The number of aromatic nitrogens is 3. The first-order valence-electron chi connectivity index (χ1n) is 10.3. The number of carbonyl (C=O) groups excluding carboxylic acids is 1. The zero-order valence-electron chi connectivity index (χ0n) is 18.0. The third-order valence-electron chi connectivity index (χ3n) is 4.66. The van der Waals surface area contributed by atoms with E-state index in [-0.39, 0.29) is 11.7 Å². The fourth-order valence-electron chi connectivity index (χ4n) is 3.18. The van der Waals surface area contributed by atoms with Crippen molar-refractivity contribution in [2.75, 3.05) is 17.7 Å². The van der Waals surface area contributed by atoms with Crippen LogP contribution in [0.25, 0.3) is 17.1 Å². The van der Waals surface area contributed by atoms with E-state index >= 15 is 0 Å². The standard InChI is InChI=1S/C24H19Cl3N4O2S/c1-2-33-19-9-7-18(8-10-19)31-23(15-4-3-5-16(25)12-15)29-30-24(31)34-14-22(32)28-21-11-6-17(26)13-20(21)27/h3-13H,2,14H2,1H3,(H,28,32). The summed E-state index contributed by atoms with van der Waals surface area (Å²) >= 11 is 19.5. The summed E-state index contributed by atoms with van der Waals surface area (Å²) in [6.45, 7) is 2.51. The number of amides is 1. The second-order valence-corrected chi connectivity index (χ2v) is 9.26. The number of nitrogens with zero attached hydrogens (tertiary/aromatic N) is 3. The van der Waals surface area contributed by atoms with Crippen LogP contribution in [0.4, 0.5) is 5.69 Å². The summed E-state index contributed by atoms with van der Waals surface area (Å²) < 4.78 is 7.44. The van der Waals surface area contributed by atoms with Crippen LogP contribution in [0.3, 0.4) is 0 Å². The van der Waals surface area contributed by atoms with Crippen LogP contribution in [0.1, 0.15) is 6.92 Å². The van der Waals surface area contributed by atoms with E-state index in [4.69, 9.17) is 39.5 Å². The summed E-state index contributed by atoms with van der Waals surface area (Å²) in [6, 6.07) is 19.9. The molecule has 4 aromatic rings. The van der Waals surface area contributed by atoms with Crippen LogP contribution in [0.2, 0.25) is 15.1 Å². The molecule has 1 amide bonds. The largest absolute Gasteiger partial charge is 0.494 e. The summed E-state index contributed by atoms with van der Waals surface area (Å²) in [6.07, 6.45) is 0. The van der Waals surface area contributed by atoms with Crippen molar-refractivity contribution in [1.29, 1.82) is 0 Å². The Balaban J connectivity index is 1.61. The smallest absolute Gasteiger partial charge is 0.234 e. The van der Waals surface area contributed by atoms with Crippen molar-refractivity contribution in [3.8, 4) is 22.8 Å². The molecule has 0 aliphatic rings. The van der Waals surface area contributed by atoms with Gasteiger partial charge in [-0.25, -0.2) is 0 Å². The van der Waals surface area contributed by atoms with Gasteiger partial charge in [0.15, 0.2) is 11.0 Å². The quantitative estimate of drug-likeness (QED) is 0.246. The predicted molar refractivity (Wildman–Crippen MR) is 139 cm³/mol. The minimum absolute atomic E-state index is 0.101. The van der Waals surface area contributed by atoms with Gasteiger partial charge < -0.3 is 10.1 Å². The third kappa shape index (κ3) is 5.85. The Hall–Kier alpha value is -2.71. The van der Waals surface area contributed by atoms with Gasteiger partial charge in [0, 0.05) is 21.3 Å². The van der Waals surface area contributed by atoms with Gasteiger partial charge in [0.25, 0.3) is 0 Å². The first-order valence-corrected chi connectivity index (χ1v) is 12.4. The molecule has 4 rings (SSSR count). The van der Waals surface area contributed by atoms with Crippen LogP contribution in [0.15, 0.2) is 71.9 Å². The molecular weight excluding hydrogens is 515 g/mol. The molecule has 0 unspecified atom stereocenters. The number of ether oxygens (including phenoxy) is 1. The van der Waals surface area contributed by atoms with Crippen LogP contribution in [-0.2, 0) is 4.79 Å². The van der Waals surface area contributed by atoms with Crippen molar-refractivity contribution in [3.05, 3.63) is 81.8 Å². The summed E-state index contributed by atoms with van der Waals surface area (Å²) in [5.41, 5.74) is 2.12. The van der Waals surface area contributed by atoms with Gasteiger partial charge in [-0.2, -0.15) is 0 Å². The maximum atomic E-state index is 12.6. The van der Waals surface area contributed by atoms with Gasteiger partial charge in [-0.05, 0) is 61.5 Å². The number of carbonyl (C=O) groups is 1. The zero-order chi connectivity index (χ0) is 24.1. The first kappa shape index (κ1) is 24.4. The Morgan fingerprint density at radius 2 is 1.76 bits per heavy atom. The van der Waals surface area contributed by atoms with Crippen LogP contribution in [-0.4, -0.2) is 33.0 Å². The molecule has 0 saturated carbocycles. The molecule has 1 N–H and O–H groups in total. The molecule has 6 nitrogen and oxygen atoms in total. The van der Waals surface area contributed by atoms with Crippen molar-refractivity contribution in [3.63, 3.8) is 0 Å². The molecule has 34 heavy (non-hydrogen) atoms. The topological polar surface area (TPSA) is 69.0 Å². The predicted octanol–water partition coefficient (Wildman–Crippen LogP) is 7.02. The summed E-state index contributed by atoms with van der Waals surface area (Å²) in [7, 11) is 0. The van der Waals surface area contributed by atoms with E-state index in [1.165, 1.54) is 11.8 Å². The van der Waals surface area contributed by atoms with Crippen LogP contribution in [0, 0.1) is 0 Å². The fourth-order valence-corrected chi connectivity index (χ4v) is 4.57. The first-order chi connectivity index (χ1) is 16.4. The molecule has 0 spiro atoms. The van der Waals surface area contributed by atoms with E-state index in [9.17, 15) is 4.79 Å². The highest BCUT2D eigenvalue weighted by atomic mass is 35.5. The second-order valence-electron chi connectivity index (χ2n) is 7.04. The second kappa shape index (κ2) is 11.1. The van der Waals surface area contributed by atoms with Crippen molar-refractivity contribution in [1.82, 2.24) is 14.8 Å². The van der Waals surface area contributed by atoms with Crippen molar-refractivity contribution in [2.24, 2.45) is 0 Å². The molecule has 0 fully saturated rings. The minimum Gasteiger partial charge on any atom is -0.494 e. The lowest BCUT2D eigenvalue weighted by Crippen LogP contribution is -2.15. The lowest BCUT2D eigenvalue weighted by atomic mass is 10.2. The number of hydrogen-bond acceptors (Lipinski definition) is 5. The van der Waals surface area contributed by atoms with Crippen molar-refractivity contribution in [2.45, 2.75) is 12.1 Å². The average molecular weight is 534 g/mol. The van der Waals surface area contributed by atoms with Gasteiger partial charge in [0.1, 0.15) is 5.75 Å². The number of thioether (sulfide) groups is 1. The van der Waals surface area contributed by atoms with Gasteiger partial charge in [0.2, 0.25) is 5.91 Å². The van der Waals surface area contributed by atoms with E-state index in [2.05, 4.69) is 15.5 Å². The number of anilines is 1. The summed E-state index contributed by atoms with van der Waals surface area (Å²) in [4.78, 5) is 12.6. The van der Waals surface area contributed by atoms with Gasteiger partial charge in [-0.1, -0.05) is 58.7 Å². The molecule has 10 heteroatoms. The summed E-state index contributed by atoms with van der Waals surface area (Å²) in [5.74, 6) is 1.23. The molecule has 174 valence electrons. The maximum absolute atomic E-state index is 12.6. The minimum atomic E-state index is -0.236. The number of benzene rings is 3. The molecule has 0 saturated heterocycles. The maximum Gasteiger partial charge on any atom is 0.234 e. The Bertz CT molecular complexity index is 1310. The van der Waals surface area contributed by atoms with Crippen LogP contribution < -0.4 is 10.1 Å². The van der Waals surface area contributed by atoms with E-state index in [0.717, 1.165) is 17.0 Å². The molecule has 0 bridgehead atoms. The van der Waals surface area contributed by atoms with Crippen molar-refractivity contribution < 1.29 is 9.53 Å². The lowest BCUT2D eigenvalue weighted by Gasteiger charge is -2.12. The highest BCUT2D eigenvalue weighted by Crippen LogP contribution is 2.31. The average Bonchev–Trinajstić information content (AvgIpc) is 3.24. The lowest BCUT2D eigenvalue weighted by molar-refractivity contribution is -0.113. The van der Waals surface area contributed by atoms with E-state index < -0.39 is 0 Å². The molecule has 1 heterocycles.